The van der Waals surface area contributed by atoms with Crippen LogP contribution in [0.25, 0.3) is 0 Å². The third-order valence-corrected chi connectivity index (χ3v) is 4.46. The molecule has 0 heterocycles. The Kier molecular flexibility index (Phi) is 3.05. The fraction of sp³-hybridized carbons (Fsp3) is 0.667. The van der Waals surface area contributed by atoms with Gasteiger partial charge in [0, 0.05) is 0 Å². The highest BCUT2D eigenvalue weighted by molar-refractivity contribution is 5.73. The minimum atomic E-state index is 0.416. The van der Waals surface area contributed by atoms with Gasteiger partial charge in [-0.2, -0.15) is 0 Å². The first-order valence-electron chi connectivity index (χ1n) is 6.37. The lowest BCUT2D eigenvalue weighted by molar-refractivity contribution is -0.105. The van der Waals surface area contributed by atoms with E-state index in [-0.39, 0.29) is 0 Å². The number of hydrogen-bond acceptors (Lipinski definition) is 1. The molecule has 1 heteroatoms. The third kappa shape index (κ3) is 2.14. The summed E-state index contributed by atoms with van der Waals surface area (Å²) >= 11 is 0. The van der Waals surface area contributed by atoms with Crippen molar-refractivity contribution >= 4 is 6.29 Å². The number of hydrogen-bond donors (Lipinski definition) is 0. The molecule has 2 aliphatic carbocycles. The SMILES string of the molecule is C/C1=C\CC/C(C=O)=C\[C@H]2[C@H](CC1)C2(C)C. The van der Waals surface area contributed by atoms with E-state index in [1.165, 1.54) is 18.4 Å². The van der Waals surface area contributed by atoms with E-state index in [1.54, 1.807) is 0 Å². The van der Waals surface area contributed by atoms with Gasteiger partial charge in [0.05, 0.1) is 0 Å². The second-order valence-corrected chi connectivity index (χ2v) is 5.94. The Bertz CT molecular complexity index is 346. The summed E-state index contributed by atoms with van der Waals surface area (Å²) in [6, 6.07) is 0. The molecule has 1 nitrogen and oxygen atoms in total. The van der Waals surface area contributed by atoms with Gasteiger partial charge in [0.1, 0.15) is 6.29 Å². The molecule has 1 fully saturated rings. The average Bonchev–Trinajstić information content (AvgIpc) is 2.76. The van der Waals surface area contributed by atoms with Crippen LogP contribution in [0.5, 0.6) is 0 Å². The predicted molar refractivity (Wildman–Crippen MR) is 67.1 cm³/mol. The molecule has 2 aliphatic rings. The molecular formula is C15H22O. The number of fused-ring (bicyclic) bond motifs is 1. The Morgan fingerprint density at radius 3 is 2.81 bits per heavy atom. The molecule has 0 aromatic heterocycles. The highest BCUT2D eigenvalue weighted by atomic mass is 16.1. The Hall–Kier alpha value is -0.850. The molecule has 0 aliphatic heterocycles. The number of carbonyl (C=O) groups is 1. The summed E-state index contributed by atoms with van der Waals surface area (Å²) < 4.78 is 0. The smallest absolute Gasteiger partial charge is 0.145 e. The van der Waals surface area contributed by atoms with E-state index in [0.717, 1.165) is 30.6 Å². The van der Waals surface area contributed by atoms with Crippen LogP contribution >= 0.6 is 0 Å². The number of carbonyl (C=O) groups excluding carboxylic acids is 1. The normalized spacial score (nSPS) is 39.7. The van der Waals surface area contributed by atoms with E-state index in [9.17, 15) is 4.79 Å². The molecule has 0 amide bonds. The Labute approximate surface area is 98.6 Å². The molecule has 0 aromatic carbocycles. The maximum atomic E-state index is 11.0. The lowest BCUT2D eigenvalue weighted by Crippen LogP contribution is -1.91. The maximum Gasteiger partial charge on any atom is 0.145 e. The van der Waals surface area contributed by atoms with E-state index in [2.05, 4.69) is 32.9 Å². The molecule has 0 N–H and O–H groups in total. The van der Waals surface area contributed by atoms with Gasteiger partial charge in [0.2, 0.25) is 0 Å². The Morgan fingerprint density at radius 2 is 2.12 bits per heavy atom. The molecule has 88 valence electrons. The lowest BCUT2D eigenvalue weighted by Gasteiger charge is -2.04. The van der Waals surface area contributed by atoms with E-state index in [4.69, 9.17) is 0 Å². The third-order valence-electron chi connectivity index (χ3n) is 4.46. The summed E-state index contributed by atoms with van der Waals surface area (Å²) in [6.45, 7) is 6.88. The van der Waals surface area contributed by atoms with Gasteiger partial charge in [-0.05, 0) is 55.4 Å². The van der Waals surface area contributed by atoms with E-state index in [1.807, 2.05) is 0 Å². The molecular weight excluding hydrogens is 196 g/mol. The first-order valence-corrected chi connectivity index (χ1v) is 6.37. The van der Waals surface area contributed by atoms with Gasteiger partial charge in [0.25, 0.3) is 0 Å². The quantitative estimate of drug-likeness (QED) is 0.482. The molecule has 1 saturated carbocycles. The van der Waals surface area contributed by atoms with Crippen LogP contribution in [0.1, 0.15) is 46.5 Å². The van der Waals surface area contributed by atoms with Gasteiger partial charge in [-0.15, -0.1) is 0 Å². The second-order valence-electron chi connectivity index (χ2n) is 5.94. The zero-order chi connectivity index (χ0) is 11.8. The number of allylic oxidation sites excluding steroid dienone is 4. The largest absolute Gasteiger partial charge is 0.298 e. The highest BCUT2D eigenvalue weighted by Gasteiger charge is 2.55. The van der Waals surface area contributed by atoms with Gasteiger partial charge in [-0.1, -0.05) is 31.6 Å². The molecule has 2 atom stereocenters. The summed E-state index contributed by atoms with van der Waals surface area (Å²) in [5.74, 6) is 1.42. The summed E-state index contributed by atoms with van der Waals surface area (Å²) in [5.41, 5.74) is 2.92. The molecule has 0 saturated heterocycles. The standard InChI is InChI=1S/C15H22O/c1-11-5-4-6-12(10-16)9-14-13(8-7-11)15(14,2)3/h5,9-10,13-14H,4,6-8H2,1-3H3/b11-5+,12-9+/t13-,14-/m0/s1. The topological polar surface area (TPSA) is 17.1 Å². The molecule has 0 unspecified atom stereocenters. The zero-order valence-electron chi connectivity index (χ0n) is 10.6. The van der Waals surface area contributed by atoms with Crippen LogP contribution in [0.4, 0.5) is 0 Å². The van der Waals surface area contributed by atoms with Gasteiger partial charge in [-0.25, -0.2) is 0 Å². The van der Waals surface area contributed by atoms with E-state index < -0.39 is 0 Å². The first kappa shape index (κ1) is 11.6. The fourth-order valence-electron chi connectivity index (χ4n) is 3.05. The highest BCUT2D eigenvalue weighted by Crippen LogP contribution is 2.61. The van der Waals surface area contributed by atoms with Gasteiger partial charge in [-0.3, -0.25) is 4.79 Å². The summed E-state index contributed by atoms with van der Waals surface area (Å²) in [4.78, 5) is 11.0. The van der Waals surface area contributed by atoms with Crippen LogP contribution in [-0.2, 0) is 4.79 Å². The predicted octanol–water partition coefficient (Wildman–Crippen LogP) is 3.90. The zero-order valence-corrected chi connectivity index (χ0v) is 10.6. The van der Waals surface area contributed by atoms with Gasteiger partial charge < -0.3 is 0 Å². The monoisotopic (exact) mass is 218 g/mol. The van der Waals surface area contributed by atoms with Crippen molar-refractivity contribution in [1.82, 2.24) is 0 Å². The van der Waals surface area contributed by atoms with Crippen LogP contribution in [0.3, 0.4) is 0 Å². The maximum absolute atomic E-state index is 11.0. The van der Waals surface area contributed by atoms with Crippen molar-refractivity contribution in [2.45, 2.75) is 46.5 Å². The minimum absolute atomic E-state index is 0.416. The summed E-state index contributed by atoms with van der Waals surface area (Å²) in [6.07, 6.45) is 10.0. The van der Waals surface area contributed by atoms with Crippen LogP contribution < -0.4 is 0 Å². The number of aldehydes is 1. The van der Waals surface area contributed by atoms with Crippen LogP contribution in [0, 0.1) is 17.3 Å². The molecule has 0 radical (unpaired) electrons. The molecule has 0 spiro atoms. The molecule has 0 aromatic rings. The van der Waals surface area contributed by atoms with E-state index >= 15 is 0 Å². The second kappa shape index (κ2) is 4.20. The summed E-state index contributed by atoms with van der Waals surface area (Å²) in [7, 11) is 0. The van der Waals surface area contributed by atoms with E-state index in [0.29, 0.717) is 11.3 Å². The number of rotatable bonds is 1. The molecule has 2 rings (SSSR count). The van der Waals surface area contributed by atoms with Crippen LogP contribution in [0.2, 0.25) is 0 Å². The minimum Gasteiger partial charge on any atom is -0.298 e. The average molecular weight is 218 g/mol. The Morgan fingerprint density at radius 1 is 1.38 bits per heavy atom. The van der Waals surface area contributed by atoms with Gasteiger partial charge in [0.15, 0.2) is 0 Å². The van der Waals surface area contributed by atoms with Crippen molar-refractivity contribution in [1.29, 1.82) is 0 Å². The van der Waals surface area contributed by atoms with Gasteiger partial charge >= 0.3 is 0 Å². The van der Waals surface area contributed by atoms with Crippen molar-refractivity contribution in [3.63, 3.8) is 0 Å². The lowest BCUT2D eigenvalue weighted by atomic mass is 10.0. The molecule has 16 heavy (non-hydrogen) atoms. The van der Waals surface area contributed by atoms with Crippen molar-refractivity contribution in [3.8, 4) is 0 Å². The van der Waals surface area contributed by atoms with Crippen molar-refractivity contribution in [2.75, 3.05) is 0 Å². The van der Waals surface area contributed by atoms with Crippen molar-refractivity contribution < 1.29 is 4.79 Å². The first-order chi connectivity index (χ1) is 7.55. The molecule has 0 bridgehead atoms. The van der Waals surface area contributed by atoms with Crippen molar-refractivity contribution in [3.05, 3.63) is 23.3 Å². The van der Waals surface area contributed by atoms with Crippen LogP contribution in [-0.4, -0.2) is 6.29 Å². The van der Waals surface area contributed by atoms with Crippen molar-refractivity contribution in [2.24, 2.45) is 17.3 Å². The van der Waals surface area contributed by atoms with Crippen LogP contribution in [0.15, 0.2) is 23.3 Å². The summed E-state index contributed by atoms with van der Waals surface area (Å²) in [5, 5.41) is 0. The Balaban J connectivity index is 2.18. The fourth-order valence-corrected chi connectivity index (χ4v) is 3.05.